The third-order valence-electron chi connectivity index (χ3n) is 5.81. The number of carbonyl (C=O) groups is 2. The Morgan fingerprint density at radius 3 is 2.24 bits per heavy atom. The molecule has 1 saturated heterocycles. The summed E-state index contributed by atoms with van der Waals surface area (Å²) in [5.74, 6) is -1.11. The Balaban J connectivity index is 1.52. The summed E-state index contributed by atoms with van der Waals surface area (Å²) in [6, 6.07) is 19.1. The summed E-state index contributed by atoms with van der Waals surface area (Å²) in [7, 11) is 0. The van der Waals surface area contributed by atoms with Gasteiger partial charge >= 0.3 is 6.03 Å². The summed E-state index contributed by atoms with van der Waals surface area (Å²) in [5.41, 5.74) is 1.36. The molecule has 5 rings (SSSR count). The molecule has 2 heterocycles. The zero-order valence-corrected chi connectivity index (χ0v) is 19.1. The normalized spacial score (nSPS) is 14.3. The number of aromatic nitrogens is 2. The number of hydrogen-bond donors (Lipinski definition) is 2. The Bertz CT molecular complexity index is 1610. The molecule has 0 atom stereocenters. The molecule has 0 bridgehead atoms. The SMILES string of the molecule is O=C1N/C(=C\c2c(-c3ccccc3)[nH]n(-c3ccc(F)cc3)c2=O)C(=O)N1Cc1ccc([N+](=O)[O-])cc1. The first kappa shape index (κ1) is 23.4. The predicted octanol–water partition coefficient (Wildman–Crippen LogP) is 3.97. The summed E-state index contributed by atoms with van der Waals surface area (Å²) in [4.78, 5) is 50.3. The highest BCUT2D eigenvalue weighted by Crippen LogP contribution is 2.24. The number of non-ortho nitro benzene ring substituents is 1. The topological polar surface area (TPSA) is 130 Å². The average molecular weight is 499 g/mol. The highest BCUT2D eigenvalue weighted by molar-refractivity contribution is 6.14. The van der Waals surface area contributed by atoms with E-state index in [1.54, 1.807) is 24.3 Å². The summed E-state index contributed by atoms with van der Waals surface area (Å²) >= 11 is 0. The fraction of sp³-hybridized carbons (Fsp3) is 0.0385. The molecule has 0 radical (unpaired) electrons. The first-order valence-corrected chi connectivity index (χ1v) is 11.1. The van der Waals surface area contributed by atoms with E-state index in [4.69, 9.17) is 0 Å². The van der Waals surface area contributed by atoms with Gasteiger partial charge in [0.2, 0.25) is 0 Å². The highest BCUT2D eigenvalue weighted by Gasteiger charge is 2.34. The number of nitrogens with one attached hydrogen (secondary N) is 2. The van der Waals surface area contributed by atoms with Crippen LogP contribution in [-0.2, 0) is 11.3 Å². The van der Waals surface area contributed by atoms with Crippen molar-refractivity contribution in [3.8, 4) is 16.9 Å². The fourth-order valence-electron chi connectivity index (χ4n) is 3.95. The van der Waals surface area contributed by atoms with Crippen molar-refractivity contribution in [1.29, 1.82) is 0 Å². The maximum absolute atomic E-state index is 13.4. The Labute approximate surface area is 208 Å². The molecule has 0 saturated carbocycles. The largest absolute Gasteiger partial charge is 0.329 e. The van der Waals surface area contributed by atoms with Gasteiger partial charge in [-0.05, 0) is 35.9 Å². The number of nitro benzene ring substituents is 1. The average Bonchev–Trinajstić information content (AvgIpc) is 3.36. The van der Waals surface area contributed by atoms with E-state index >= 15 is 0 Å². The minimum atomic E-state index is -0.690. The molecule has 0 spiro atoms. The van der Waals surface area contributed by atoms with Crippen LogP contribution in [0.5, 0.6) is 0 Å². The lowest BCUT2D eigenvalue weighted by atomic mass is 10.1. The van der Waals surface area contributed by atoms with Gasteiger partial charge in [-0.25, -0.2) is 13.9 Å². The van der Waals surface area contributed by atoms with Gasteiger partial charge in [-0.15, -0.1) is 0 Å². The lowest BCUT2D eigenvalue weighted by molar-refractivity contribution is -0.384. The first-order valence-electron chi connectivity index (χ1n) is 11.1. The van der Waals surface area contributed by atoms with Crippen LogP contribution >= 0.6 is 0 Å². The van der Waals surface area contributed by atoms with Crippen LogP contribution in [0.15, 0.2) is 89.4 Å². The molecule has 10 nitrogen and oxygen atoms in total. The molecule has 0 aliphatic carbocycles. The predicted molar refractivity (Wildman–Crippen MR) is 132 cm³/mol. The molecule has 3 amide bonds. The second kappa shape index (κ2) is 9.38. The Morgan fingerprint density at radius 2 is 1.59 bits per heavy atom. The number of benzene rings is 3. The fourth-order valence-corrected chi connectivity index (χ4v) is 3.95. The number of rotatable bonds is 6. The Kier molecular flexibility index (Phi) is 5.94. The van der Waals surface area contributed by atoms with Gasteiger partial charge in [0.1, 0.15) is 11.5 Å². The van der Waals surface area contributed by atoms with Crippen molar-refractivity contribution in [3.63, 3.8) is 0 Å². The van der Waals surface area contributed by atoms with Gasteiger partial charge in [0.25, 0.3) is 17.2 Å². The number of nitro groups is 1. The van der Waals surface area contributed by atoms with Crippen LogP contribution in [0.3, 0.4) is 0 Å². The minimum Gasteiger partial charge on any atom is -0.303 e. The van der Waals surface area contributed by atoms with E-state index in [0.29, 0.717) is 22.5 Å². The van der Waals surface area contributed by atoms with Gasteiger partial charge in [-0.3, -0.25) is 29.7 Å². The molecule has 184 valence electrons. The van der Waals surface area contributed by atoms with E-state index in [9.17, 15) is 28.9 Å². The van der Waals surface area contributed by atoms with Crippen LogP contribution < -0.4 is 10.9 Å². The smallest absolute Gasteiger partial charge is 0.303 e. The molecular weight excluding hydrogens is 481 g/mol. The van der Waals surface area contributed by atoms with E-state index in [-0.39, 0.29) is 23.5 Å². The number of hydrogen-bond acceptors (Lipinski definition) is 5. The van der Waals surface area contributed by atoms with E-state index in [2.05, 4.69) is 10.4 Å². The number of carbonyl (C=O) groups excluding carboxylic acids is 2. The van der Waals surface area contributed by atoms with Crippen LogP contribution in [0.4, 0.5) is 14.9 Å². The molecule has 1 aromatic heterocycles. The zero-order chi connectivity index (χ0) is 26.1. The second-order valence-electron chi connectivity index (χ2n) is 8.19. The molecule has 11 heteroatoms. The summed E-state index contributed by atoms with van der Waals surface area (Å²) < 4.78 is 14.7. The number of H-pyrrole nitrogens is 1. The summed E-state index contributed by atoms with van der Waals surface area (Å²) in [5, 5.41) is 16.4. The van der Waals surface area contributed by atoms with Crippen molar-refractivity contribution < 1.29 is 18.9 Å². The maximum Gasteiger partial charge on any atom is 0.329 e. The number of halogens is 1. The van der Waals surface area contributed by atoms with Crippen molar-refractivity contribution in [2.45, 2.75) is 6.54 Å². The van der Waals surface area contributed by atoms with Crippen LogP contribution in [-0.4, -0.2) is 31.5 Å². The third kappa shape index (κ3) is 4.52. The van der Waals surface area contributed by atoms with Crippen molar-refractivity contribution in [1.82, 2.24) is 20.0 Å². The maximum atomic E-state index is 13.4. The van der Waals surface area contributed by atoms with Gasteiger partial charge in [-0.2, -0.15) is 0 Å². The lowest BCUT2D eigenvalue weighted by Gasteiger charge is -2.11. The van der Waals surface area contributed by atoms with Gasteiger partial charge < -0.3 is 5.32 Å². The van der Waals surface area contributed by atoms with Gasteiger partial charge in [-0.1, -0.05) is 42.5 Å². The van der Waals surface area contributed by atoms with Crippen LogP contribution in [0.2, 0.25) is 0 Å². The number of amides is 3. The van der Waals surface area contributed by atoms with Crippen LogP contribution in [0.25, 0.3) is 23.0 Å². The van der Waals surface area contributed by atoms with Crippen molar-refractivity contribution in [2.75, 3.05) is 0 Å². The van der Waals surface area contributed by atoms with Gasteiger partial charge in [0.15, 0.2) is 0 Å². The molecule has 1 fully saturated rings. The van der Waals surface area contributed by atoms with Crippen molar-refractivity contribution in [2.24, 2.45) is 0 Å². The molecule has 4 aromatic rings. The van der Waals surface area contributed by atoms with Crippen molar-refractivity contribution >= 4 is 23.7 Å². The number of nitrogens with zero attached hydrogens (tertiary/aromatic N) is 3. The number of imide groups is 1. The van der Waals surface area contributed by atoms with E-state index in [1.807, 2.05) is 6.07 Å². The monoisotopic (exact) mass is 499 g/mol. The Morgan fingerprint density at radius 1 is 0.919 bits per heavy atom. The minimum absolute atomic E-state index is 0.105. The highest BCUT2D eigenvalue weighted by atomic mass is 19.1. The van der Waals surface area contributed by atoms with Gasteiger partial charge in [0, 0.05) is 17.7 Å². The second-order valence-corrected chi connectivity index (χ2v) is 8.19. The van der Waals surface area contributed by atoms with Crippen molar-refractivity contribution in [3.05, 3.63) is 122 Å². The standard InChI is InChI=1S/C26H18FN5O5/c27-18-8-12-19(13-9-18)31-24(33)21(23(29-31)17-4-2-1-3-5-17)14-22-25(34)30(26(35)28-22)15-16-6-10-20(11-7-16)32(36)37/h1-14,29H,15H2,(H,28,35)/b22-14-. The molecule has 3 aromatic carbocycles. The molecule has 1 aliphatic heterocycles. The summed E-state index contributed by atoms with van der Waals surface area (Å²) in [6.07, 6.45) is 1.30. The third-order valence-corrected chi connectivity index (χ3v) is 5.81. The molecule has 0 unspecified atom stereocenters. The molecule has 1 aliphatic rings. The van der Waals surface area contributed by atoms with E-state index < -0.39 is 28.2 Å². The Hall–Kier alpha value is -5.32. The molecule has 37 heavy (non-hydrogen) atoms. The number of urea groups is 1. The zero-order valence-electron chi connectivity index (χ0n) is 19.1. The van der Waals surface area contributed by atoms with E-state index in [1.165, 1.54) is 59.3 Å². The van der Waals surface area contributed by atoms with Gasteiger partial charge in [0.05, 0.1) is 28.4 Å². The molecular formula is C26H18FN5O5. The summed E-state index contributed by atoms with van der Waals surface area (Å²) in [6.45, 7) is -0.113. The number of aromatic amines is 1. The van der Waals surface area contributed by atoms with Crippen LogP contribution in [0, 0.1) is 15.9 Å². The quantitative estimate of drug-likeness (QED) is 0.179. The van der Waals surface area contributed by atoms with Crippen LogP contribution in [0.1, 0.15) is 11.1 Å². The van der Waals surface area contributed by atoms with E-state index in [0.717, 1.165) is 4.90 Å². The lowest BCUT2D eigenvalue weighted by Crippen LogP contribution is -2.30. The first-order chi connectivity index (χ1) is 17.8. The molecule has 2 N–H and O–H groups in total.